The van der Waals surface area contributed by atoms with Crippen molar-refractivity contribution in [3.05, 3.63) is 45.9 Å². The number of nitrogens with zero attached hydrogens (tertiary/aromatic N) is 5. The summed E-state index contributed by atoms with van der Waals surface area (Å²) in [6.45, 7) is 1.23. The van der Waals surface area contributed by atoms with Gasteiger partial charge in [0.25, 0.3) is 11.5 Å². The molecule has 1 saturated heterocycles. The fraction of sp³-hybridized carbons (Fsp3) is 0.500. The number of H-pyrrole nitrogens is 1. The Balaban J connectivity index is 1.66. The predicted octanol–water partition coefficient (Wildman–Crippen LogP) is 0.746. The largest absolute Gasteiger partial charge is 0.347 e. The van der Waals surface area contributed by atoms with Crippen molar-refractivity contribution in [2.24, 2.45) is 0 Å². The van der Waals surface area contributed by atoms with Crippen LogP contribution in [0.2, 0.25) is 0 Å². The number of nitrogens with one attached hydrogen (secondary N) is 1. The summed E-state index contributed by atoms with van der Waals surface area (Å²) in [5, 5.41) is 0. The maximum absolute atomic E-state index is 12.9. The molecule has 2 aromatic rings. The van der Waals surface area contributed by atoms with Gasteiger partial charge in [-0.25, -0.2) is 15.0 Å². The van der Waals surface area contributed by atoms with E-state index in [1.807, 2.05) is 25.2 Å². The van der Waals surface area contributed by atoms with E-state index in [4.69, 9.17) is 4.98 Å². The van der Waals surface area contributed by atoms with Crippen LogP contribution >= 0.6 is 0 Å². The number of fused-ring (bicyclic) bond motifs is 2. The topological polar surface area (TPSA) is 95.1 Å². The number of piperidine rings is 1. The van der Waals surface area contributed by atoms with Crippen molar-refractivity contribution in [3.63, 3.8) is 0 Å². The number of carbonyl (C=O) groups excluding carboxylic acids is 1. The van der Waals surface area contributed by atoms with Crippen LogP contribution in [0.15, 0.2) is 23.5 Å². The second kappa shape index (κ2) is 6.19. The highest BCUT2D eigenvalue weighted by Gasteiger charge is 2.45. The van der Waals surface area contributed by atoms with Gasteiger partial charge in [-0.05, 0) is 31.2 Å². The van der Waals surface area contributed by atoms with Crippen LogP contribution in [-0.2, 0) is 11.8 Å². The van der Waals surface area contributed by atoms with Crippen LogP contribution in [0.25, 0.3) is 0 Å². The quantitative estimate of drug-likeness (QED) is 0.855. The Morgan fingerprint density at radius 2 is 2.15 bits per heavy atom. The Morgan fingerprint density at radius 1 is 1.31 bits per heavy atom. The van der Waals surface area contributed by atoms with Gasteiger partial charge < -0.3 is 14.8 Å². The monoisotopic (exact) mass is 354 g/mol. The van der Waals surface area contributed by atoms with Crippen molar-refractivity contribution < 1.29 is 4.79 Å². The molecular weight excluding hydrogens is 332 g/mol. The zero-order valence-corrected chi connectivity index (χ0v) is 15.0. The SMILES string of the molecule is CN(C)c1ncc2c(n1)C1(CCCN(C(=O)c3cnc[nH]c3=O)C1)CC2. The Bertz CT molecular complexity index is 905. The van der Waals surface area contributed by atoms with E-state index in [1.54, 1.807) is 4.90 Å². The fourth-order valence-corrected chi connectivity index (χ4v) is 4.12. The molecule has 4 rings (SSSR count). The lowest BCUT2D eigenvalue weighted by molar-refractivity contribution is 0.0631. The van der Waals surface area contributed by atoms with Gasteiger partial charge >= 0.3 is 0 Å². The minimum Gasteiger partial charge on any atom is -0.347 e. The molecule has 1 spiro atoms. The van der Waals surface area contributed by atoms with Crippen LogP contribution in [0, 0.1) is 0 Å². The minimum absolute atomic E-state index is 0.0967. The molecule has 26 heavy (non-hydrogen) atoms. The third-order valence-electron chi connectivity index (χ3n) is 5.44. The summed E-state index contributed by atoms with van der Waals surface area (Å²) in [4.78, 5) is 44.1. The number of aromatic nitrogens is 4. The summed E-state index contributed by atoms with van der Waals surface area (Å²) in [6.07, 6.45) is 8.33. The summed E-state index contributed by atoms with van der Waals surface area (Å²) in [5.41, 5.74) is 1.79. The first-order chi connectivity index (χ1) is 12.5. The van der Waals surface area contributed by atoms with Gasteiger partial charge in [0, 0.05) is 45.0 Å². The van der Waals surface area contributed by atoms with E-state index in [2.05, 4.69) is 15.0 Å². The summed E-state index contributed by atoms with van der Waals surface area (Å²) in [5.74, 6) is 0.436. The molecule has 1 aliphatic carbocycles. The molecule has 1 amide bonds. The first kappa shape index (κ1) is 16.7. The summed E-state index contributed by atoms with van der Waals surface area (Å²) in [6, 6.07) is 0. The second-order valence-corrected chi connectivity index (χ2v) is 7.34. The number of hydrogen-bond donors (Lipinski definition) is 1. The van der Waals surface area contributed by atoms with Gasteiger partial charge in [0.15, 0.2) is 0 Å². The standard InChI is InChI=1S/C18H22N6O2/c1-23(2)17-20-8-12-4-6-18(14(12)22-17)5-3-7-24(10-18)16(26)13-9-19-11-21-15(13)25/h8-9,11H,3-7,10H2,1-2H3,(H,19,21,25). The zero-order chi connectivity index (χ0) is 18.3. The van der Waals surface area contributed by atoms with E-state index < -0.39 is 5.56 Å². The van der Waals surface area contributed by atoms with E-state index in [0.29, 0.717) is 19.0 Å². The number of anilines is 1. The molecule has 1 N–H and O–H groups in total. The molecule has 2 aromatic heterocycles. The van der Waals surface area contributed by atoms with E-state index in [-0.39, 0.29) is 16.9 Å². The number of amides is 1. The van der Waals surface area contributed by atoms with Gasteiger partial charge in [0.05, 0.1) is 12.0 Å². The molecule has 0 aromatic carbocycles. The van der Waals surface area contributed by atoms with Crippen molar-refractivity contribution in [2.45, 2.75) is 31.1 Å². The molecule has 1 atom stereocenters. The van der Waals surface area contributed by atoms with E-state index in [1.165, 1.54) is 18.1 Å². The highest BCUT2D eigenvalue weighted by molar-refractivity contribution is 5.93. The summed E-state index contributed by atoms with van der Waals surface area (Å²) < 4.78 is 0. The Labute approximate surface area is 151 Å². The molecule has 1 unspecified atom stereocenters. The molecule has 8 nitrogen and oxygen atoms in total. The van der Waals surface area contributed by atoms with Gasteiger partial charge in [-0.2, -0.15) is 0 Å². The highest BCUT2D eigenvalue weighted by atomic mass is 16.2. The average molecular weight is 354 g/mol. The molecule has 8 heteroatoms. The van der Waals surface area contributed by atoms with Gasteiger partial charge in [0.2, 0.25) is 5.95 Å². The summed E-state index contributed by atoms with van der Waals surface area (Å²) in [7, 11) is 3.85. The number of rotatable bonds is 2. The van der Waals surface area contributed by atoms with Crippen LogP contribution < -0.4 is 10.5 Å². The van der Waals surface area contributed by atoms with Crippen LogP contribution in [0.3, 0.4) is 0 Å². The third-order valence-corrected chi connectivity index (χ3v) is 5.44. The molecule has 0 bridgehead atoms. The van der Waals surface area contributed by atoms with Crippen LogP contribution in [0.5, 0.6) is 0 Å². The number of carbonyl (C=O) groups is 1. The Kier molecular flexibility index (Phi) is 3.97. The second-order valence-electron chi connectivity index (χ2n) is 7.34. The van der Waals surface area contributed by atoms with Crippen LogP contribution in [0.4, 0.5) is 5.95 Å². The Hall–Kier alpha value is -2.77. The lowest BCUT2D eigenvalue weighted by Gasteiger charge is -2.40. The van der Waals surface area contributed by atoms with Crippen molar-refractivity contribution in [1.82, 2.24) is 24.8 Å². The van der Waals surface area contributed by atoms with Crippen LogP contribution in [0.1, 0.15) is 40.9 Å². The zero-order valence-electron chi connectivity index (χ0n) is 15.0. The van der Waals surface area contributed by atoms with Gasteiger partial charge in [-0.3, -0.25) is 9.59 Å². The lowest BCUT2D eigenvalue weighted by atomic mass is 9.77. The number of hydrogen-bond acceptors (Lipinski definition) is 6. The molecule has 3 heterocycles. The smallest absolute Gasteiger partial charge is 0.263 e. The van der Waals surface area contributed by atoms with Gasteiger partial charge in [0.1, 0.15) is 5.56 Å². The molecule has 136 valence electrons. The minimum atomic E-state index is -0.395. The first-order valence-electron chi connectivity index (χ1n) is 8.86. The predicted molar refractivity (Wildman–Crippen MR) is 96.4 cm³/mol. The molecule has 1 aliphatic heterocycles. The maximum Gasteiger partial charge on any atom is 0.263 e. The maximum atomic E-state index is 12.9. The van der Waals surface area contributed by atoms with E-state index >= 15 is 0 Å². The highest BCUT2D eigenvalue weighted by Crippen LogP contribution is 2.44. The lowest BCUT2D eigenvalue weighted by Crippen LogP contribution is -2.49. The molecule has 1 fully saturated rings. The molecule has 2 aliphatic rings. The third kappa shape index (κ3) is 2.65. The summed E-state index contributed by atoms with van der Waals surface area (Å²) >= 11 is 0. The van der Waals surface area contributed by atoms with Crippen molar-refractivity contribution in [1.29, 1.82) is 0 Å². The molecule has 0 radical (unpaired) electrons. The van der Waals surface area contributed by atoms with E-state index in [0.717, 1.165) is 31.4 Å². The first-order valence-corrected chi connectivity index (χ1v) is 8.86. The van der Waals surface area contributed by atoms with Gasteiger partial charge in [-0.1, -0.05) is 0 Å². The number of likely N-dealkylation sites (tertiary alicyclic amines) is 1. The average Bonchev–Trinajstić information content (AvgIpc) is 2.99. The van der Waals surface area contributed by atoms with Crippen LogP contribution in [-0.4, -0.2) is 57.9 Å². The number of aryl methyl sites for hydroxylation is 1. The molecule has 0 saturated carbocycles. The van der Waals surface area contributed by atoms with E-state index in [9.17, 15) is 9.59 Å². The fourth-order valence-electron chi connectivity index (χ4n) is 4.12. The van der Waals surface area contributed by atoms with Crippen molar-refractivity contribution in [3.8, 4) is 0 Å². The Morgan fingerprint density at radius 3 is 2.92 bits per heavy atom. The van der Waals surface area contributed by atoms with Gasteiger partial charge in [-0.15, -0.1) is 0 Å². The molecular formula is C18H22N6O2. The van der Waals surface area contributed by atoms with Crippen molar-refractivity contribution in [2.75, 3.05) is 32.1 Å². The van der Waals surface area contributed by atoms with Crippen molar-refractivity contribution >= 4 is 11.9 Å². The normalized spacial score (nSPS) is 21.7. The number of aromatic amines is 1.